The largest absolute Gasteiger partial charge is 0.481 e. The molecule has 0 aliphatic heterocycles. The molecular formula is C16H28O4. The van der Waals surface area contributed by atoms with E-state index in [1.165, 1.54) is 0 Å². The second kappa shape index (κ2) is 7.65. The summed E-state index contributed by atoms with van der Waals surface area (Å²) in [6, 6.07) is 0. The van der Waals surface area contributed by atoms with Gasteiger partial charge in [-0.05, 0) is 37.5 Å². The molecule has 1 aliphatic rings. The second-order valence-electron chi connectivity index (χ2n) is 6.75. The molecule has 4 nitrogen and oxygen atoms in total. The van der Waals surface area contributed by atoms with Crippen LogP contribution in [0.5, 0.6) is 0 Å². The summed E-state index contributed by atoms with van der Waals surface area (Å²) < 4.78 is 5.66. The van der Waals surface area contributed by atoms with Crippen molar-refractivity contribution in [1.29, 1.82) is 0 Å². The monoisotopic (exact) mass is 284 g/mol. The minimum Gasteiger partial charge on any atom is -0.481 e. The van der Waals surface area contributed by atoms with Gasteiger partial charge in [0.2, 0.25) is 0 Å². The number of carbonyl (C=O) groups is 2. The summed E-state index contributed by atoms with van der Waals surface area (Å²) in [5.74, 6) is -0.837. The predicted molar refractivity (Wildman–Crippen MR) is 77.3 cm³/mol. The van der Waals surface area contributed by atoms with E-state index in [2.05, 4.69) is 27.7 Å². The fraction of sp³-hybridized carbons (Fsp3) is 0.875. The predicted octanol–water partition coefficient (Wildman–Crippen LogP) is 3.49. The van der Waals surface area contributed by atoms with E-state index in [4.69, 9.17) is 9.84 Å². The molecule has 0 amide bonds. The lowest BCUT2D eigenvalue weighted by molar-refractivity contribution is -0.160. The molecule has 0 aromatic rings. The van der Waals surface area contributed by atoms with Gasteiger partial charge in [0.1, 0.15) is 6.10 Å². The summed E-state index contributed by atoms with van der Waals surface area (Å²) in [7, 11) is 0. The quantitative estimate of drug-likeness (QED) is 0.758. The molecule has 116 valence electrons. The van der Waals surface area contributed by atoms with Gasteiger partial charge in [-0.2, -0.15) is 0 Å². The fourth-order valence-corrected chi connectivity index (χ4v) is 2.79. The van der Waals surface area contributed by atoms with E-state index in [1.54, 1.807) is 0 Å². The summed E-state index contributed by atoms with van der Waals surface area (Å²) in [6.07, 6.45) is 3.47. The van der Waals surface area contributed by atoms with Crippen molar-refractivity contribution in [3.05, 3.63) is 0 Å². The molecule has 1 fully saturated rings. The van der Waals surface area contributed by atoms with Gasteiger partial charge in [0, 0.05) is 0 Å². The summed E-state index contributed by atoms with van der Waals surface area (Å²) in [5, 5.41) is 9.07. The van der Waals surface area contributed by atoms with Gasteiger partial charge in [0.25, 0.3) is 0 Å². The smallest absolute Gasteiger partial charge is 0.309 e. The van der Waals surface area contributed by atoms with Crippen molar-refractivity contribution in [1.82, 2.24) is 0 Å². The van der Waals surface area contributed by atoms with Crippen LogP contribution in [-0.2, 0) is 14.3 Å². The Bertz CT molecular complexity index is 335. The third-order valence-electron chi connectivity index (χ3n) is 4.07. The van der Waals surface area contributed by atoms with Crippen LogP contribution in [0.4, 0.5) is 0 Å². The topological polar surface area (TPSA) is 63.6 Å². The van der Waals surface area contributed by atoms with E-state index in [-0.39, 0.29) is 23.9 Å². The van der Waals surface area contributed by atoms with Crippen molar-refractivity contribution < 1.29 is 19.4 Å². The molecule has 3 unspecified atom stereocenters. The molecule has 4 heteroatoms. The average molecular weight is 284 g/mol. The lowest BCUT2D eigenvalue weighted by Crippen LogP contribution is -2.33. The number of ether oxygens (including phenoxy) is 1. The highest BCUT2D eigenvalue weighted by Gasteiger charge is 2.33. The molecular weight excluding hydrogens is 256 g/mol. The first kappa shape index (κ1) is 17.0. The zero-order valence-corrected chi connectivity index (χ0v) is 13.1. The van der Waals surface area contributed by atoms with Crippen LogP contribution in [-0.4, -0.2) is 23.1 Å². The molecule has 1 aliphatic carbocycles. The van der Waals surface area contributed by atoms with Crippen molar-refractivity contribution in [2.75, 3.05) is 0 Å². The first-order valence-corrected chi connectivity index (χ1v) is 7.74. The molecule has 3 atom stereocenters. The van der Waals surface area contributed by atoms with Gasteiger partial charge in [-0.25, -0.2) is 0 Å². The van der Waals surface area contributed by atoms with E-state index in [0.29, 0.717) is 24.7 Å². The van der Waals surface area contributed by atoms with E-state index >= 15 is 0 Å². The number of carboxylic acids is 1. The van der Waals surface area contributed by atoms with Gasteiger partial charge >= 0.3 is 11.9 Å². The van der Waals surface area contributed by atoms with Gasteiger partial charge in [0.15, 0.2) is 0 Å². The first-order valence-electron chi connectivity index (χ1n) is 7.74. The summed E-state index contributed by atoms with van der Waals surface area (Å²) in [5.41, 5.74) is 0. The van der Waals surface area contributed by atoms with Crippen molar-refractivity contribution in [3.8, 4) is 0 Å². The van der Waals surface area contributed by atoms with Crippen molar-refractivity contribution in [2.45, 2.75) is 65.9 Å². The standard InChI is InChI=1S/C16H28O4/c1-10(2)8-14(11(3)4)20-16(19)13-7-5-6-12(9-13)15(17)18/h10-14H,5-9H2,1-4H3,(H,17,18). The molecule has 0 saturated heterocycles. The summed E-state index contributed by atoms with van der Waals surface area (Å²) in [6.45, 7) is 8.34. The highest BCUT2D eigenvalue weighted by Crippen LogP contribution is 2.31. The number of carboxylic acid groups (broad SMARTS) is 1. The highest BCUT2D eigenvalue weighted by atomic mass is 16.5. The Morgan fingerprint density at radius 3 is 2.25 bits per heavy atom. The van der Waals surface area contributed by atoms with Gasteiger partial charge in [0.05, 0.1) is 11.8 Å². The maximum Gasteiger partial charge on any atom is 0.309 e. The van der Waals surface area contributed by atoms with Crippen molar-refractivity contribution in [2.24, 2.45) is 23.7 Å². The second-order valence-corrected chi connectivity index (χ2v) is 6.75. The molecule has 1 N–H and O–H groups in total. The minimum absolute atomic E-state index is 0.0623. The molecule has 0 bridgehead atoms. The third-order valence-corrected chi connectivity index (χ3v) is 4.07. The zero-order chi connectivity index (χ0) is 15.3. The highest BCUT2D eigenvalue weighted by molar-refractivity contribution is 5.75. The number of carbonyl (C=O) groups excluding carboxylic acids is 1. The number of rotatable bonds is 6. The van der Waals surface area contributed by atoms with Crippen molar-refractivity contribution in [3.63, 3.8) is 0 Å². The van der Waals surface area contributed by atoms with Crippen LogP contribution in [0.15, 0.2) is 0 Å². The molecule has 0 heterocycles. The fourth-order valence-electron chi connectivity index (χ4n) is 2.79. The van der Waals surface area contributed by atoms with Crippen LogP contribution in [0, 0.1) is 23.7 Å². The van der Waals surface area contributed by atoms with Gasteiger partial charge < -0.3 is 9.84 Å². The van der Waals surface area contributed by atoms with Gasteiger partial charge in [-0.1, -0.05) is 34.1 Å². The molecule has 1 saturated carbocycles. The minimum atomic E-state index is -0.787. The zero-order valence-electron chi connectivity index (χ0n) is 13.1. The Morgan fingerprint density at radius 1 is 1.15 bits per heavy atom. The lowest BCUT2D eigenvalue weighted by atomic mass is 9.81. The third kappa shape index (κ3) is 5.14. The van der Waals surface area contributed by atoms with E-state index in [0.717, 1.165) is 19.3 Å². The van der Waals surface area contributed by atoms with Gasteiger partial charge in [-0.3, -0.25) is 9.59 Å². The Kier molecular flexibility index (Phi) is 6.50. The first-order chi connectivity index (χ1) is 9.31. The van der Waals surface area contributed by atoms with Crippen molar-refractivity contribution >= 4 is 11.9 Å². The van der Waals surface area contributed by atoms with E-state index < -0.39 is 5.97 Å². The molecule has 0 radical (unpaired) electrons. The van der Waals surface area contributed by atoms with Crippen LogP contribution in [0.3, 0.4) is 0 Å². The van der Waals surface area contributed by atoms with Crippen LogP contribution in [0.1, 0.15) is 59.8 Å². The Morgan fingerprint density at radius 2 is 1.75 bits per heavy atom. The van der Waals surface area contributed by atoms with Gasteiger partial charge in [-0.15, -0.1) is 0 Å². The summed E-state index contributed by atoms with van der Waals surface area (Å²) in [4.78, 5) is 23.3. The van der Waals surface area contributed by atoms with Crippen LogP contribution in [0.25, 0.3) is 0 Å². The number of esters is 1. The van der Waals surface area contributed by atoms with E-state index in [9.17, 15) is 9.59 Å². The molecule has 0 spiro atoms. The molecule has 1 rings (SSSR count). The van der Waals surface area contributed by atoms with Crippen LogP contribution >= 0.6 is 0 Å². The molecule has 0 aromatic carbocycles. The van der Waals surface area contributed by atoms with Crippen LogP contribution < -0.4 is 0 Å². The number of hydrogen-bond donors (Lipinski definition) is 1. The maximum atomic E-state index is 12.2. The molecule has 20 heavy (non-hydrogen) atoms. The normalized spacial score (nSPS) is 24.7. The summed E-state index contributed by atoms with van der Waals surface area (Å²) >= 11 is 0. The average Bonchev–Trinajstić information content (AvgIpc) is 2.37. The van der Waals surface area contributed by atoms with E-state index in [1.807, 2.05) is 0 Å². The maximum absolute atomic E-state index is 12.2. The Balaban J connectivity index is 2.57. The lowest BCUT2D eigenvalue weighted by Gasteiger charge is -2.29. The van der Waals surface area contributed by atoms with Crippen LogP contribution in [0.2, 0.25) is 0 Å². The Labute approximate surface area is 121 Å². The molecule has 0 aromatic heterocycles. The Hall–Kier alpha value is -1.06. The number of aliphatic carboxylic acids is 1. The number of hydrogen-bond acceptors (Lipinski definition) is 3. The SMILES string of the molecule is CC(C)CC(OC(=O)C1CCCC(C(=O)O)C1)C(C)C.